The number of rotatable bonds is 4. The molecule has 6 rings (SSSR count). The van der Waals surface area contributed by atoms with Gasteiger partial charge in [0.05, 0.1) is 11.1 Å². The van der Waals surface area contributed by atoms with Crippen molar-refractivity contribution in [3.05, 3.63) is 35.9 Å². The lowest BCUT2D eigenvalue weighted by atomic mass is 9.63. The standard InChI is InChI=1S/C23H28ClFN2O/c24-8-7-22-11-16-10-21(14-22,17-4-2-1-3-5-17)15-23(22,12-16)20(28)27-19-6-9-26-13-18(19)25/h1-5,16,18,26H,6-15H2/b27-19+/t16?,18-,21+,22+,23?/m0/s1. The fraction of sp³-hybridized carbons (Fsp3) is 0.652. The van der Waals surface area contributed by atoms with Crippen LogP contribution in [0.15, 0.2) is 35.3 Å². The second-order valence-electron chi connectivity index (χ2n) is 9.61. The number of piperidine rings is 1. The minimum Gasteiger partial charge on any atom is -0.313 e. The molecule has 1 N–H and O–H groups in total. The number of benzene rings is 1. The lowest BCUT2D eigenvalue weighted by Crippen LogP contribution is -2.43. The highest BCUT2D eigenvalue weighted by Crippen LogP contribution is 2.77. The molecule has 1 amide bonds. The van der Waals surface area contributed by atoms with Crippen molar-refractivity contribution in [3.8, 4) is 0 Å². The van der Waals surface area contributed by atoms with Gasteiger partial charge >= 0.3 is 0 Å². The quantitative estimate of drug-likeness (QED) is 0.757. The van der Waals surface area contributed by atoms with E-state index < -0.39 is 11.6 Å². The highest BCUT2D eigenvalue weighted by molar-refractivity contribution is 6.17. The van der Waals surface area contributed by atoms with E-state index in [9.17, 15) is 9.18 Å². The van der Waals surface area contributed by atoms with Gasteiger partial charge in [-0.15, -0.1) is 11.6 Å². The normalized spacial score (nSPS) is 43.0. The van der Waals surface area contributed by atoms with E-state index >= 15 is 0 Å². The SMILES string of the molecule is O=C(/N=C1\CCNC[C@@H]1F)C12CC3C[C@](c4ccccc4)(C1)C[C@@]2(CCCl)C3. The Morgan fingerprint density at radius 3 is 2.79 bits per heavy atom. The van der Waals surface area contributed by atoms with Gasteiger partial charge in [-0.25, -0.2) is 9.38 Å². The molecule has 0 spiro atoms. The molecule has 4 saturated carbocycles. The minimum absolute atomic E-state index is 0.0492. The molecule has 1 aliphatic heterocycles. The van der Waals surface area contributed by atoms with Crippen molar-refractivity contribution in [1.82, 2.24) is 5.32 Å². The van der Waals surface area contributed by atoms with Crippen LogP contribution in [0.3, 0.4) is 0 Å². The first-order valence-electron chi connectivity index (χ1n) is 10.6. The predicted molar refractivity (Wildman–Crippen MR) is 110 cm³/mol. The van der Waals surface area contributed by atoms with Crippen molar-refractivity contribution in [2.75, 3.05) is 19.0 Å². The van der Waals surface area contributed by atoms with Crippen LogP contribution >= 0.6 is 11.6 Å². The highest BCUT2D eigenvalue weighted by atomic mass is 35.5. The van der Waals surface area contributed by atoms with Crippen molar-refractivity contribution < 1.29 is 9.18 Å². The van der Waals surface area contributed by atoms with Crippen LogP contribution in [-0.2, 0) is 10.2 Å². The molecule has 5 fully saturated rings. The lowest BCUT2D eigenvalue weighted by Gasteiger charge is -2.41. The molecule has 1 heterocycles. The van der Waals surface area contributed by atoms with E-state index in [2.05, 4.69) is 40.6 Å². The Kier molecular flexibility index (Phi) is 4.44. The molecule has 0 aromatic heterocycles. The first kappa shape index (κ1) is 18.7. The molecule has 2 unspecified atom stereocenters. The number of amides is 1. The number of alkyl halides is 2. The molecule has 1 aromatic rings. The number of nitrogens with one attached hydrogen (secondary N) is 1. The van der Waals surface area contributed by atoms with Crippen molar-refractivity contribution >= 4 is 23.2 Å². The maximum atomic E-state index is 14.3. The average molecular weight is 403 g/mol. The number of halogens is 2. The van der Waals surface area contributed by atoms with E-state index in [0.717, 1.165) is 38.5 Å². The Bertz CT molecular complexity index is 814. The maximum absolute atomic E-state index is 14.3. The fourth-order valence-electron chi connectivity index (χ4n) is 7.36. The van der Waals surface area contributed by atoms with Crippen LogP contribution in [0.2, 0.25) is 0 Å². The van der Waals surface area contributed by atoms with Crippen LogP contribution in [-0.4, -0.2) is 36.8 Å². The molecule has 5 atom stereocenters. The number of nitrogens with zero attached hydrogens (tertiary/aromatic N) is 1. The Labute approximate surface area is 171 Å². The molecule has 4 bridgehead atoms. The first-order valence-corrected chi connectivity index (χ1v) is 11.1. The van der Waals surface area contributed by atoms with E-state index in [-0.39, 0.29) is 23.3 Å². The van der Waals surface area contributed by atoms with Crippen LogP contribution < -0.4 is 5.32 Å². The Morgan fingerprint density at radius 1 is 1.21 bits per heavy atom. The Balaban J connectivity index is 1.56. The largest absolute Gasteiger partial charge is 0.313 e. The molecule has 150 valence electrons. The molecule has 0 radical (unpaired) electrons. The van der Waals surface area contributed by atoms with Gasteiger partial charge in [0.2, 0.25) is 0 Å². The fourth-order valence-corrected chi connectivity index (χ4v) is 7.72. The van der Waals surface area contributed by atoms with E-state index in [0.29, 0.717) is 30.5 Å². The maximum Gasteiger partial charge on any atom is 0.252 e. The molecule has 1 aromatic carbocycles. The Hall–Kier alpha value is -1.26. The third-order valence-corrected chi connectivity index (χ3v) is 8.37. The number of carbonyl (C=O) groups is 1. The van der Waals surface area contributed by atoms with Crippen molar-refractivity contribution in [2.24, 2.45) is 21.7 Å². The van der Waals surface area contributed by atoms with Crippen LogP contribution in [0, 0.1) is 16.7 Å². The second-order valence-corrected chi connectivity index (χ2v) is 9.99. The summed E-state index contributed by atoms with van der Waals surface area (Å²) in [6.07, 6.45) is 5.25. The summed E-state index contributed by atoms with van der Waals surface area (Å²) >= 11 is 6.26. The van der Waals surface area contributed by atoms with Gasteiger partial charge in [0, 0.05) is 25.4 Å². The third-order valence-electron chi connectivity index (χ3n) is 8.18. The summed E-state index contributed by atoms with van der Waals surface area (Å²) in [5.41, 5.74) is 1.31. The van der Waals surface area contributed by atoms with Crippen molar-refractivity contribution in [3.63, 3.8) is 0 Å². The molecular formula is C23H28ClFN2O. The van der Waals surface area contributed by atoms with Crippen molar-refractivity contribution in [2.45, 2.75) is 56.5 Å². The summed E-state index contributed by atoms with van der Waals surface area (Å²) < 4.78 is 14.3. The van der Waals surface area contributed by atoms with Gasteiger partial charge in [-0.1, -0.05) is 30.3 Å². The van der Waals surface area contributed by atoms with Gasteiger partial charge in [-0.2, -0.15) is 0 Å². The third kappa shape index (κ3) is 2.56. The molecular weight excluding hydrogens is 375 g/mol. The van der Waals surface area contributed by atoms with Crippen LogP contribution in [0.4, 0.5) is 4.39 Å². The van der Waals surface area contributed by atoms with Gasteiger partial charge in [0.15, 0.2) is 6.17 Å². The topological polar surface area (TPSA) is 41.5 Å². The lowest BCUT2D eigenvalue weighted by molar-refractivity contribution is -0.132. The Morgan fingerprint density at radius 2 is 2.04 bits per heavy atom. The number of carbonyl (C=O) groups excluding carboxylic acids is 1. The summed E-state index contributed by atoms with van der Waals surface area (Å²) in [4.78, 5) is 18.1. The van der Waals surface area contributed by atoms with Gasteiger partial charge < -0.3 is 5.32 Å². The highest BCUT2D eigenvalue weighted by Gasteiger charge is 2.74. The smallest absolute Gasteiger partial charge is 0.252 e. The number of aliphatic imine (C=N–C) groups is 1. The number of hydrogen-bond donors (Lipinski definition) is 1. The van der Waals surface area contributed by atoms with E-state index in [4.69, 9.17) is 11.6 Å². The van der Waals surface area contributed by atoms with Gasteiger partial charge in [0.1, 0.15) is 0 Å². The molecule has 5 aliphatic rings. The van der Waals surface area contributed by atoms with Crippen LogP contribution in [0.5, 0.6) is 0 Å². The molecule has 28 heavy (non-hydrogen) atoms. The van der Waals surface area contributed by atoms with Gasteiger partial charge in [-0.05, 0) is 60.8 Å². The van der Waals surface area contributed by atoms with Crippen LogP contribution in [0.25, 0.3) is 0 Å². The van der Waals surface area contributed by atoms with Crippen LogP contribution in [0.1, 0.15) is 50.5 Å². The summed E-state index contributed by atoms with van der Waals surface area (Å²) in [7, 11) is 0. The zero-order valence-corrected chi connectivity index (χ0v) is 17.0. The zero-order chi connectivity index (χ0) is 19.4. The number of hydrogen-bond acceptors (Lipinski definition) is 2. The predicted octanol–water partition coefficient (Wildman–Crippen LogP) is 4.43. The molecule has 3 nitrogen and oxygen atoms in total. The van der Waals surface area contributed by atoms with Gasteiger partial charge in [0.25, 0.3) is 5.91 Å². The summed E-state index contributed by atoms with van der Waals surface area (Å²) in [5.74, 6) is 1.06. The summed E-state index contributed by atoms with van der Waals surface area (Å²) in [6, 6.07) is 10.7. The average Bonchev–Trinajstić information content (AvgIpc) is 3.03. The van der Waals surface area contributed by atoms with E-state index in [1.165, 1.54) is 5.56 Å². The van der Waals surface area contributed by atoms with Gasteiger partial charge in [-0.3, -0.25) is 4.79 Å². The monoisotopic (exact) mass is 402 g/mol. The van der Waals surface area contributed by atoms with E-state index in [1.807, 2.05) is 0 Å². The summed E-state index contributed by atoms with van der Waals surface area (Å²) in [5, 5.41) is 3.04. The van der Waals surface area contributed by atoms with Crippen molar-refractivity contribution in [1.29, 1.82) is 0 Å². The molecule has 4 aliphatic carbocycles. The second kappa shape index (κ2) is 6.63. The minimum atomic E-state index is -1.14. The molecule has 1 saturated heterocycles. The van der Waals surface area contributed by atoms with E-state index in [1.54, 1.807) is 0 Å². The molecule has 5 heteroatoms. The first-order chi connectivity index (χ1) is 13.5. The zero-order valence-electron chi connectivity index (χ0n) is 16.2. The summed E-state index contributed by atoms with van der Waals surface area (Å²) in [6.45, 7) is 0.964.